The van der Waals surface area contributed by atoms with Gasteiger partial charge < -0.3 is 54.3 Å². The van der Waals surface area contributed by atoms with E-state index in [4.69, 9.17) is 52.4 Å². The number of aryl methyl sites for hydroxylation is 1. The maximum atomic E-state index is 14.1. The summed E-state index contributed by atoms with van der Waals surface area (Å²) >= 11 is 12.1. The van der Waals surface area contributed by atoms with E-state index >= 15 is 0 Å². The summed E-state index contributed by atoms with van der Waals surface area (Å²) in [7, 11) is 2.94. The molecule has 22 heteroatoms. The van der Waals surface area contributed by atoms with Crippen LogP contribution in [0.3, 0.4) is 0 Å². The average molecular weight is 1090 g/mol. The van der Waals surface area contributed by atoms with Gasteiger partial charge in [-0.3, -0.25) is 9.59 Å². The van der Waals surface area contributed by atoms with Crippen molar-refractivity contribution in [2.24, 2.45) is 0 Å². The third kappa shape index (κ3) is 14.0. The fourth-order valence-electron chi connectivity index (χ4n) is 8.43. The molecule has 0 saturated carbocycles. The van der Waals surface area contributed by atoms with Crippen LogP contribution in [0.25, 0.3) is 0 Å². The van der Waals surface area contributed by atoms with Crippen molar-refractivity contribution in [2.75, 3.05) is 74.2 Å². The van der Waals surface area contributed by atoms with E-state index < -0.39 is 41.9 Å². The Morgan fingerprint density at radius 2 is 1.05 bits per heavy atom. The summed E-state index contributed by atoms with van der Waals surface area (Å²) in [6.45, 7) is 1.62. The number of ether oxygens (including phenoxy) is 5. The van der Waals surface area contributed by atoms with Crippen molar-refractivity contribution >= 4 is 57.8 Å². The second kappa shape index (κ2) is 24.0. The molecule has 398 valence electrons. The van der Waals surface area contributed by atoms with Crippen molar-refractivity contribution in [3.8, 4) is 28.7 Å². The van der Waals surface area contributed by atoms with E-state index in [1.165, 1.54) is 37.0 Å². The highest BCUT2D eigenvalue weighted by Gasteiger charge is 2.39. The highest BCUT2D eigenvalue weighted by atomic mass is 35.5. The zero-order valence-corrected chi connectivity index (χ0v) is 41.8. The molecular formula is C53H49Cl2F7N4O9. The Morgan fingerprint density at radius 1 is 0.627 bits per heavy atom. The number of nitrogens with zero attached hydrogens (tertiary/aromatic N) is 2. The van der Waals surface area contributed by atoms with Gasteiger partial charge in [0.25, 0.3) is 11.8 Å². The largest absolute Gasteiger partial charge is 0.573 e. The summed E-state index contributed by atoms with van der Waals surface area (Å²) in [6.07, 6.45) is -9.07. The normalized spacial score (nSPS) is 13.7. The van der Waals surface area contributed by atoms with E-state index in [1.807, 2.05) is 0 Å². The predicted molar refractivity (Wildman–Crippen MR) is 268 cm³/mol. The highest BCUT2D eigenvalue weighted by Crippen LogP contribution is 2.42. The summed E-state index contributed by atoms with van der Waals surface area (Å²) in [4.78, 5) is 30.5. The number of nitrogens with one attached hydrogen (secondary N) is 2. The Balaban J connectivity index is 0.000000219. The third-order valence-corrected chi connectivity index (χ3v) is 12.4. The van der Waals surface area contributed by atoms with Crippen molar-refractivity contribution in [2.45, 2.75) is 44.4 Å². The number of carbonyl (C=O) groups is 2. The molecule has 0 bridgehead atoms. The number of anilines is 4. The van der Waals surface area contributed by atoms with Crippen LogP contribution < -0.4 is 44.1 Å². The van der Waals surface area contributed by atoms with Gasteiger partial charge in [0.1, 0.15) is 59.9 Å². The number of amides is 2. The van der Waals surface area contributed by atoms with Gasteiger partial charge in [0, 0.05) is 82.7 Å². The molecule has 2 atom stereocenters. The van der Waals surface area contributed by atoms with Crippen molar-refractivity contribution in [1.29, 1.82) is 0 Å². The van der Waals surface area contributed by atoms with Gasteiger partial charge in [-0.15, -0.1) is 13.2 Å². The van der Waals surface area contributed by atoms with Crippen LogP contribution in [0.1, 0.15) is 45.5 Å². The Morgan fingerprint density at radius 3 is 1.47 bits per heavy atom. The topological polar surface area (TPSA) is 151 Å². The minimum absolute atomic E-state index is 0.0112. The molecule has 6 aromatic carbocycles. The van der Waals surface area contributed by atoms with Crippen LogP contribution in [0.15, 0.2) is 109 Å². The zero-order valence-electron chi connectivity index (χ0n) is 40.3. The first-order valence-electron chi connectivity index (χ1n) is 23.0. The molecule has 2 aliphatic rings. The standard InChI is InChI=1S/C27H26ClF3N2O5.C26H23ClF4N2O4/c1-16-11-18-7-8-33(23(18)15-24(16)38-27(29,30)31)26(35)25(17-3-5-19(28)6-4-17)32-20-12-21(36-2)14-22(13-20)37-10-9-34;1-36-19-11-18(12-20(13-19)37-9-8-34)32-24(15-2-4-17(27)5-3-15)25(35)33-7-6-16-10-22(28)21(14-23(16)33)26(29,30)31/h3-6,11-15,25,32,34H,7-10H2,1-2H3;2-5,10-14,24,32,34H,6-9H2,1H3. The maximum absolute atomic E-state index is 14.1. The average Bonchev–Trinajstić information content (AvgIpc) is 3.98. The van der Waals surface area contributed by atoms with Gasteiger partial charge in [-0.1, -0.05) is 53.5 Å². The highest BCUT2D eigenvalue weighted by molar-refractivity contribution is 6.30. The van der Waals surface area contributed by atoms with Crippen LogP contribution in [0.5, 0.6) is 28.7 Å². The lowest BCUT2D eigenvalue weighted by Crippen LogP contribution is -2.37. The smallest absolute Gasteiger partial charge is 0.497 e. The predicted octanol–water partition coefficient (Wildman–Crippen LogP) is 11.3. The van der Waals surface area contributed by atoms with Crippen molar-refractivity contribution in [1.82, 2.24) is 0 Å². The van der Waals surface area contributed by atoms with E-state index in [-0.39, 0.29) is 63.3 Å². The molecule has 0 aliphatic carbocycles. The number of methoxy groups -OCH3 is 2. The molecule has 4 N–H and O–H groups in total. The monoisotopic (exact) mass is 1090 g/mol. The number of halogens is 9. The zero-order chi connectivity index (χ0) is 54.2. The Labute approximate surface area is 436 Å². The first kappa shape index (κ1) is 55.6. The fourth-order valence-corrected chi connectivity index (χ4v) is 8.68. The molecule has 13 nitrogen and oxygen atoms in total. The van der Waals surface area contributed by atoms with Gasteiger partial charge in [0.2, 0.25) is 0 Å². The lowest BCUT2D eigenvalue weighted by molar-refractivity contribution is -0.274. The summed E-state index contributed by atoms with van der Waals surface area (Å²) in [5.74, 6) is -0.993. The van der Waals surface area contributed by atoms with Gasteiger partial charge in [0.15, 0.2) is 0 Å². The van der Waals surface area contributed by atoms with Crippen LogP contribution in [-0.2, 0) is 28.6 Å². The number of benzene rings is 6. The Kier molecular flexibility index (Phi) is 17.8. The van der Waals surface area contributed by atoms with Gasteiger partial charge in [-0.25, -0.2) is 4.39 Å². The van der Waals surface area contributed by atoms with Gasteiger partial charge in [-0.2, -0.15) is 13.2 Å². The van der Waals surface area contributed by atoms with E-state index in [1.54, 1.807) is 91.0 Å². The molecule has 8 rings (SSSR count). The molecule has 0 aromatic heterocycles. The van der Waals surface area contributed by atoms with Gasteiger partial charge in [0.05, 0.1) is 38.7 Å². The first-order valence-corrected chi connectivity index (χ1v) is 23.7. The first-order chi connectivity index (χ1) is 35.7. The molecule has 2 amide bonds. The molecular weight excluding hydrogens is 1040 g/mol. The number of fused-ring (bicyclic) bond motifs is 2. The van der Waals surface area contributed by atoms with E-state index in [0.29, 0.717) is 84.8 Å². The number of alkyl halides is 6. The van der Waals surface area contributed by atoms with E-state index in [9.17, 15) is 40.3 Å². The van der Waals surface area contributed by atoms with Crippen LogP contribution in [0.4, 0.5) is 53.5 Å². The summed E-state index contributed by atoms with van der Waals surface area (Å²) < 4.78 is 119. The quantitative estimate of drug-likeness (QED) is 0.0646. The van der Waals surface area contributed by atoms with Crippen molar-refractivity contribution in [3.05, 3.63) is 158 Å². The Hall–Kier alpha value is -7.13. The number of aliphatic hydroxyl groups is 2. The van der Waals surface area contributed by atoms with E-state index in [0.717, 1.165) is 11.6 Å². The fraction of sp³-hybridized carbons (Fsp3) is 0.283. The lowest BCUT2D eigenvalue weighted by atomic mass is 10.0. The summed E-state index contributed by atoms with van der Waals surface area (Å²) in [5, 5.41) is 25.4. The number of hydrogen-bond donors (Lipinski definition) is 4. The third-order valence-electron chi connectivity index (χ3n) is 11.9. The molecule has 0 fully saturated rings. The molecule has 0 spiro atoms. The SMILES string of the molecule is COc1cc(NC(C(=O)N2CCc3cc(C)c(OC(F)(F)F)cc32)c2ccc(Cl)cc2)cc(OCCO)c1.COc1cc(NC(C(=O)N2CCc3cc(F)c(C(F)(F)F)cc32)c2ccc(Cl)cc2)cc(OCCO)c1. The van der Waals surface area contributed by atoms with Crippen LogP contribution in [0.2, 0.25) is 10.0 Å². The molecule has 75 heavy (non-hydrogen) atoms. The van der Waals surface area contributed by atoms with Crippen molar-refractivity contribution < 1.29 is 74.2 Å². The second-order valence-electron chi connectivity index (χ2n) is 16.9. The molecule has 0 radical (unpaired) electrons. The number of hydrogen-bond acceptors (Lipinski definition) is 11. The van der Waals surface area contributed by atoms with Crippen LogP contribution >= 0.6 is 23.2 Å². The Bertz CT molecular complexity index is 2990. The molecule has 2 unspecified atom stereocenters. The van der Waals surface area contributed by atoms with Gasteiger partial charge >= 0.3 is 12.5 Å². The number of aliphatic hydroxyl groups excluding tert-OH is 2. The van der Waals surface area contributed by atoms with E-state index in [2.05, 4.69) is 15.4 Å². The molecule has 0 saturated heterocycles. The number of rotatable bonds is 17. The lowest BCUT2D eigenvalue weighted by Gasteiger charge is -2.27. The van der Waals surface area contributed by atoms with Gasteiger partial charge in [-0.05, 0) is 84.0 Å². The second-order valence-corrected chi connectivity index (χ2v) is 17.8. The summed E-state index contributed by atoms with van der Waals surface area (Å²) in [6, 6.07) is 25.4. The van der Waals surface area contributed by atoms with Crippen molar-refractivity contribution in [3.63, 3.8) is 0 Å². The minimum atomic E-state index is -4.91. The summed E-state index contributed by atoms with van der Waals surface area (Å²) in [5.41, 5.74) is 2.35. The molecule has 6 aromatic rings. The minimum Gasteiger partial charge on any atom is -0.497 e. The molecule has 2 aliphatic heterocycles. The number of carbonyl (C=O) groups excluding carboxylic acids is 2. The van der Waals surface area contributed by atoms with Crippen LogP contribution in [0, 0.1) is 12.7 Å². The maximum Gasteiger partial charge on any atom is 0.573 e. The van der Waals surface area contributed by atoms with Crippen LogP contribution in [-0.4, -0.2) is 82.1 Å². The molecule has 2 heterocycles.